The van der Waals surface area contributed by atoms with Crippen molar-refractivity contribution < 1.29 is 22.7 Å². The number of nitrogens with zero attached hydrogens (tertiary/aromatic N) is 2. The second-order valence-electron chi connectivity index (χ2n) is 6.66. The van der Waals surface area contributed by atoms with Crippen LogP contribution in [-0.4, -0.2) is 33.9 Å². The molecule has 152 valence electrons. The van der Waals surface area contributed by atoms with E-state index in [9.17, 15) is 13.2 Å². The quantitative estimate of drug-likeness (QED) is 0.450. The van der Waals surface area contributed by atoms with Crippen molar-refractivity contribution in [2.24, 2.45) is 5.10 Å². The fourth-order valence-electron chi connectivity index (χ4n) is 3.50. The van der Waals surface area contributed by atoms with E-state index in [1.165, 1.54) is 6.21 Å². The number of carbonyl (C=O) groups is 1. The number of hydrogen-bond acceptors (Lipinski definition) is 6. The van der Waals surface area contributed by atoms with Crippen LogP contribution in [0.15, 0.2) is 63.0 Å². The number of amides is 1. The van der Waals surface area contributed by atoms with Gasteiger partial charge in [-0.2, -0.15) is 5.10 Å². The Morgan fingerprint density at radius 3 is 2.70 bits per heavy atom. The van der Waals surface area contributed by atoms with Gasteiger partial charge >= 0.3 is 0 Å². The number of carbonyl (C=O) groups excluding carboxylic acids is 1. The zero-order chi connectivity index (χ0) is 20.9. The summed E-state index contributed by atoms with van der Waals surface area (Å²) < 4.78 is 38.3. The largest absolute Gasteiger partial charge is 0.454 e. The van der Waals surface area contributed by atoms with Gasteiger partial charge in [0.25, 0.3) is 15.9 Å². The molecule has 2 aliphatic rings. The Bertz CT molecular complexity index is 1330. The van der Waals surface area contributed by atoms with Crippen molar-refractivity contribution in [3.05, 3.63) is 58.6 Å². The third-order valence-electron chi connectivity index (χ3n) is 4.85. The first-order chi connectivity index (χ1) is 14.4. The van der Waals surface area contributed by atoms with Crippen LogP contribution in [0.25, 0.3) is 10.8 Å². The summed E-state index contributed by atoms with van der Waals surface area (Å²) in [6, 6.07) is 13.9. The summed E-state index contributed by atoms with van der Waals surface area (Å²) in [6.07, 6.45) is 1.44. The van der Waals surface area contributed by atoms with E-state index < -0.39 is 15.9 Å². The van der Waals surface area contributed by atoms with Crippen molar-refractivity contribution in [2.75, 3.05) is 17.6 Å². The zero-order valence-electron chi connectivity index (χ0n) is 15.3. The highest BCUT2D eigenvalue weighted by molar-refractivity contribution is 9.10. The lowest BCUT2D eigenvalue weighted by Gasteiger charge is -2.17. The van der Waals surface area contributed by atoms with Gasteiger partial charge in [-0.15, -0.1) is 0 Å². The Morgan fingerprint density at radius 1 is 1.17 bits per heavy atom. The van der Waals surface area contributed by atoms with E-state index in [1.807, 2.05) is 12.1 Å². The molecule has 10 heteroatoms. The second-order valence-corrected chi connectivity index (χ2v) is 9.35. The average Bonchev–Trinajstić information content (AvgIpc) is 3.25. The lowest BCUT2D eigenvalue weighted by Crippen LogP contribution is -2.37. The van der Waals surface area contributed by atoms with Gasteiger partial charge in [-0.3, -0.25) is 9.10 Å². The zero-order valence-corrected chi connectivity index (χ0v) is 17.7. The van der Waals surface area contributed by atoms with Crippen LogP contribution in [0.3, 0.4) is 0 Å². The Kier molecular flexibility index (Phi) is 4.40. The maximum Gasteiger partial charge on any atom is 0.265 e. The van der Waals surface area contributed by atoms with E-state index in [2.05, 4.69) is 26.5 Å². The Labute approximate surface area is 180 Å². The van der Waals surface area contributed by atoms with Crippen molar-refractivity contribution in [3.63, 3.8) is 0 Å². The van der Waals surface area contributed by atoms with E-state index in [-0.39, 0.29) is 18.2 Å². The van der Waals surface area contributed by atoms with Crippen molar-refractivity contribution >= 4 is 54.5 Å². The highest BCUT2D eigenvalue weighted by atomic mass is 79.9. The van der Waals surface area contributed by atoms with E-state index in [4.69, 9.17) is 9.47 Å². The van der Waals surface area contributed by atoms with Crippen LogP contribution in [0.5, 0.6) is 11.5 Å². The first kappa shape index (κ1) is 18.9. The van der Waals surface area contributed by atoms with Gasteiger partial charge in [0.05, 0.1) is 16.8 Å². The molecule has 2 heterocycles. The first-order valence-corrected chi connectivity index (χ1v) is 11.1. The highest BCUT2D eigenvalue weighted by Gasteiger charge is 2.36. The molecule has 0 aliphatic carbocycles. The number of nitrogens with one attached hydrogen (secondary N) is 1. The molecular formula is C20H14BrN3O5S. The first-order valence-electron chi connectivity index (χ1n) is 8.91. The SMILES string of the molecule is O=C(CN1c2cccc3cccc(c23)S1(=O)=O)NN=Cc1cc2c(cc1Br)OCO2. The lowest BCUT2D eigenvalue weighted by molar-refractivity contribution is -0.119. The molecule has 0 atom stereocenters. The number of anilines is 1. The molecule has 0 spiro atoms. The molecule has 1 N–H and O–H groups in total. The normalized spacial score (nSPS) is 15.8. The molecule has 30 heavy (non-hydrogen) atoms. The standard InChI is InChI=1S/C20H14BrN3O5S/c21-14-8-17-16(28-11-29-17)7-13(14)9-22-23-19(25)10-24-15-5-1-3-12-4-2-6-18(20(12)15)30(24,26)27/h1-9H,10-11H2,(H,23,25). The van der Waals surface area contributed by atoms with E-state index in [0.29, 0.717) is 32.6 Å². The van der Waals surface area contributed by atoms with Crippen molar-refractivity contribution in [2.45, 2.75) is 4.90 Å². The average molecular weight is 488 g/mol. The van der Waals surface area contributed by atoms with Gasteiger partial charge in [-0.1, -0.05) is 24.3 Å². The fourth-order valence-corrected chi connectivity index (χ4v) is 5.59. The van der Waals surface area contributed by atoms with E-state index in [1.54, 1.807) is 36.4 Å². The number of halogens is 1. The van der Waals surface area contributed by atoms with Gasteiger partial charge in [0.2, 0.25) is 6.79 Å². The lowest BCUT2D eigenvalue weighted by atomic mass is 10.1. The summed E-state index contributed by atoms with van der Waals surface area (Å²) >= 11 is 3.41. The van der Waals surface area contributed by atoms with Crippen LogP contribution >= 0.6 is 15.9 Å². The van der Waals surface area contributed by atoms with Gasteiger partial charge in [0, 0.05) is 15.4 Å². The smallest absolute Gasteiger partial charge is 0.265 e. The Balaban J connectivity index is 1.34. The molecule has 0 bridgehead atoms. The maximum absolute atomic E-state index is 12.9. The molecule has 0 fully saturated rings. The Morgan fingerprint density at radius 2 is 1.90 bits per heavy atom. The molecule has 0 radical (unpaired) electrons. The Hall–Kier alpha value is -3.11. The number of ether oxygens (including phenoxy) is 2. The maximum atomic E-state index is 12.9. The minimum atomic E-state index is -3.80. The minimum absolute atomic E-state index is 0.151. The predicted octanol–water partition coefficient (Wildman–Crippen LogP) is 2.99. The van der Waals surface area contributed by atoms with Crippen molar-refractivity contribution in [1.82, 2.24) is 5.43 Å². The van der Waals surface area contributed by atoms with Crippen LogP contribution in [0, 0.1) is 0 Å². The summed E-state index contributed by atoms with van der Waals surface area (Å²) in [5, 5.41) is 5.38. The van der Waals surface area contributed by atoms with Crippen molar-refractivity contribution in [1.29, 1.82) is 0 Å². The monoisotopic (exact) mass is 487 g/mol. The molecular weight excluding hydrogens is 474 g/mol. The van der Waals surface area contributed by atoms with Gasteiger partial charge in [-0.05, 0) is 45.6 Å². The minimum Gasteiger partial charge on any atom is -0.454 e. The summed E-state index contributed by atoms with van der Waals surface area (Å²) in [4.78, 5) is 12.6. The predicted molar refractivity (Wildman–Crippen MR) is 114 cm³/mol. The molecule has 8 nitrogen and oxygen atoms in total. The molecule has 3 aromatic rings. The van der Waals surface area contributed by atoms with Gasteiger partial charge in [0.15, 0.2) is 11.5 Å². The summed E-state index contributed by atoms with van der Waals surface area (Å²) in [7, 11) is -3.80. The summed E-state index contributed by atoms with van der Waals surface area (Å²) in [6.45, 7) is -0.228. The number of fused-ring (bicyclic) bond motifs is 1. The molecule has 2 aliphatic heterocycles. The highest BCUT2D eigenvalue weighted by Crippen LogP contribution is 2.41. The number of hydrazone groups is 1. The molecule has 1 amide bonds. The number of rotatable bonds is 4. The second kappa shape index (κ2) is 6.99. The summed E-state index contributed by atoms with van der Waals surface area (Å²) in [5.74, 6) is 0.646. The van der Waals surface area contributed by atoms with Gasteiger partial charge < -0.3 is 9.47 Å². The number of benzene rings is 3. The molecule has 5 rings (SSSR count). The number of hydrogen-bond donors (Lipinski definition) is 1. The summed E-state index contributed by atoms with van der Waals surface area (Å²) in [5.41, 5.74) is 3.54. The molecule has 0 saturated heterocycles. The molecule has 3 aromatic carbocycles. The van der Waals surface area contributed by atoms with Crippen LogP contribution in [-0.2, 0) is 14.8 Å². The van der Waals surface area contributed by atoms with Crippen LogP contribution in [0.4, 0.5) is 5.69 Å². The topological polar surface area (TPSA) is 97.3 Å². The van der Waals surface area contributed by atoms with E-state index in [0.717, 1.165) is 9.69 Å². The third kappa shape index (κ3) is 2.99. The van der Waals surface area contributed by atoms with Crippen LogP contribution < -0.4 is 19.2 Å². The fraction of sp³-hybridized carbons (Fsp3) is 0.100. The third-order valence-corrected chi connectivity index (χ3v) is 7.34. The molecule has 0 aromatic heterocycles. The molecule has 0 saturated carbocycles. The van der Waals surface area contributed by atoms with E-state index >= 15 is 0 Å². The van der Waals surface area contributed by atoms with Gasteiger partial charge in [-0.25, -0.2) is 13.8 Å². The van der Waals surface area contributed by atoms with Crippen molar-refractivity contribution in [3.8, 4) is 11.5 Å². The van der Waals surface area contributed by atoms with Crippen LogP contribution in [0.2, 0.25) is 0 Å². The molecule has 0 unspecified atom stereocenters. The van der Waals surface area contributed by atoms with Gasteiger partial charge in [0.1, 0.15) is 6.54 Å². The number of sulfonamides is 1. The van der Waals surface area contributed by atoms with Crippen LogP contribution in [0.1, 0.15) is 5.56 Å².